The zero-order valence-corrected chi connectivity index (χ0v) is 9.53. The molecule has 0 unspecified atom stereocenters. The highest BCUT2D eigenvalue weighted by Gasteiger charge is 2.24. The van der Waals surface area contributed by atoms with Crippen LogP contribution in [0.15, 0.2) is 0 Å². The minimum atomic E-state index is -0.424. The van der Waals surface area contributed by atoms with Gasteiger partial charge in [0.15, 0.2) is 0 Å². The van der Waals surface area contributed by atoms with Crippen LogP contribution in [0.2, 0.25) is 0 Å². The summed E-state index contributed by atoms with van der Waals surface area (Å²) in [6, 6.07) is -0.180. The average Bonchev–Trinajstić information content (AvgIpc) is 3.00. The zero-order chi connectivity index (χ0) is 12.0. The van der Waals surface area contributed by atoms with Gasteiger partial charge in [-0.05, 0) is 19.4 Å². The summed E-state index contributed by atoms with van der Waals surface area (Å²) in [6.07, 6.45) is 1.99. The molecule has 0 heterocycles. The van der Waals surface area contributed by atoms with Gasteiger partial charge in [-0.3, -0.25) is 15.0 Å². The first-order chi connectivity index (χ1) is 7.65. The van der Waals surface area contributed by atoms with Crippen molar-refractivity contribution >= 4 is 11.9 Å². The van der Waals surface area contributed by atoms with Crippen LogP contribution in [0.1, 0.15) is 19.8 Å². The Kier molecular flexibility index (Phi) is 5.21. The van der Waals surface area contributed by atoms with Crippen molar-refractivity contribution in [1.29, 1.82) is 0 Å². The van der Waals surface area contributed by atoms with Crippen molar-refractivity contribution in [2.24, 2.45) is 0 Å². The van der Waals surface area contributed by atoms with Crippen LogP contribution in [-0.4, -0.2) is 54.2 Å². The highest BCUT2D eigenvalue weighted by atomic mass is 16.3. The van der Waals surface area contributed by atoms with E-state index in [1.54, 1.807) is 4.90 Å². The Balaban J connectivity index is 2.19. The van der Waals surface area contributed by atoms with Gasteiger partial charge in [0, 0.05) is 12.6 Å². The topological polar surface area (TPSA) is 81.7 Å². The van der Waals surface area contributed by atoms with Crippen molar-refractivity contribution in [1.82, 2.24) is 15.5 Å². The Labute approximate surface area is 95.0 Å². The second-order valence-corrected chi connectivity index (χ2v) is 3.89. The van der Waals surface area contributed by atoms with E-state index in [-0.39, 0.29) is 25.1 Å². The van der Waals surface area contributed by atoms with Crippen molar-refractivity contribution in [3.8, 4) is 0 Å². The van der Waals surface area contributed by atoms with E-state index >= 15 is 0 Å². The third-order valence-corrected chi connectivity index (χ3v) is 2.40. The minimum absolute atomic E-state index is 0.00932. The normalized spacial score (nSPS) is 14.9. The number of urea groups is 1. The predicted molar refractivity (Wildman–Crippen MR) is 58.9 cm³/mol. The Bertz CT molecular complexity index is 254. The molecule has 0 aliphatic heterocycles. The number of aliphatic hydroxyl groups excluding tert-OH is 1. The van der Waals surface area contributed by atoms with E-state index in [0.29, 0.717) is 13.1 Å². The quantitative estimate of drug-likeness (QED) is 0.562. The van der Waals surface area contributed by atoms with Gasteiger partial charge in [-0.25, -0.2) is 4.79 Å². The second-order valence-electron chi connectivity index (χ2n) is 3.89. The molecule has 0 aromatic rings. The van der Waals surface area contributed by atoms with Gasteiger partial charge in [-0.2, -0.15) is 0 Å². The van der Waals surface area contributed by atoms with Crippen molar-refractivity contribution < 1.29 is 14.7 Å². The molecule has 3 amide bonds. The summed E-state index contributed by atoms with van der Waals surface area (Å²) >= 11 is 0. The van der Waals surface area contributed by atoms with Crippen LogP contribution < -0.4 is 10.6 Å². The number of amides is 3. The highest BCUT2D eigenvalue weighted by molar-refractivity contribution is 5.95. The van der Waals surface area contributed by atoms with Crippen molar-refractivity contribution in [3.05, 3.63) is 0 Å². The maximum Gasteiger partial charge on any atom is 0.321 e. The molecule has 6 nitrogen and oxygen atoms in total. The molecule has 6 heteroatoms. The number of hydrogen-bond donors (Lipinski definition) is 3. The lowest BCUT2D eigenvalue weighted by Gasteiger charge is -2.17. The van der Waals surface area contributed by atoms with Crippen LogP contribution in [0.25, 0.3) is 0 Å². The third kappa shape index (κ3) is 5.09. The van der Waals surface area contributed by atoms with Gasteiger partial charge in [0.25, 0.3) is 0 Å². The van der Waals surface area contributed by atoms with Gasteiger partial charge in [-0.1, -0.05) is 6.92 Å². The zero-order valence-electron chi connectivity index (χ0n) is 9.53. The van der Waals surface area contributed by atoms with E-state index in [0.717, 1.165) is 12.8 Å². The molecule has 0 atom stereocenters. The number of nitrogens with one attached hydrogen (secondary N) is 2. The predicted octanol–water partition coefficient (Wildman–Crippen LogP) is -0.711. The summed E-state index contributed by atoms with van der Waals surface area (Å²) in [7, 11) is 0. The first-order valence-corrected chi connectivity index (χ1v) is 5.59. The van der Waals surface area contributed by atoms with E-state index in [4.69, 9.17) is 5.11 Å². The van der Waals surface area contributed by atoms with Crippen LogP contribution >= 0.6 is 0 Å². The smallest absolute Gasteiger partial charge is 0.321 e. The summed E-state index contributed by atoms with van der Waals surface area (Å²) in [5.74, 6) is -0.339. The number of aliphatic hydroxyl groups is 1. The van der Waals surface area contributed by atoms with Gasteiger partial charge in [0.2, 0.25) is 5.91 Å². The molecule has 92 valence electrons. The number of hydrogen-bond acceptors (Lipinski definition) is 4. The lowest BCUT2D eigenvalue weighted by molar-refractivity contribution is -0.121. The van der Waals surface area contributed by atoms with Crippen LogP contribution in [-0.2, 0) is 4.79 Å². The molecule has 1 aliphatic rings. The summed E-state index contributed by atoms with van der Waals surface area (Å²) in [6.45, 7) is 3.14. The molecule has 0 bridgehead atoms. The molecule has 0 radical (unpaired) electrons. The van der Waals surface area contributed by atoms with Crippen LogP contribution in [0.5, 0.6) is 0 Å². The number of carbonyl (C=O) groups is 2. The molecule has 16 heavy (non-hydrogen) atoms. The van der Waals surface area contributed by atoms with E-state index < -0.39 is 6.03 Å². The van der Waals surface area contributed by atoms with E-state index in [2.05, 4.69) is 10.6 Å². The van der Waals surface area contributed by atoms with E-state index in [1.807, 2.05) is 6.92 Å². The number of carbonyl (C=O) groups excluding carboxylic acids is 2. The molecule has 0 spiro atoms. The monoisotopic (exact) mass is 229 g/mol. The molecule has 1 aliphatic carbocycles. The standard InChI is InChI=1S/C10H19N3O3/c1-2-13(5-6-14)7-9(15)12-10(16)11-8-3-4-8/h8,14H,2-7H2,1H3,(H2,11,12,15,16). The molecule has 3 N–H and O–H groups in total. The Hall–Kier alpha value is -1.14. The number of imide groups is 1. The Morgan fingerprint density at radius 3 is 2.62 bits per heavy atom. The fraction of sp³-hybridized carbons (Fsp3) is 0.800. The van der Waals surface area contributed by atoms with Gasteiger partial charge < -0.3 is 10.4 Å². The number of nitrogens with zero attached hydrogens (tertiary/aromatic N) is 1. The van der Waals surface area contributed by atoms with Gasteiger partial charge >= 0.3 is 6.03 Å². The maximum atomic E-state index is 11.4. The molecule has 0 aromatic carbocycles. The summed E-state index contributed by atoms with van der Waals surface area (Å²) in [5.41, 5.74) is 0. The molecular weight excluding hydrogens is 210 g/mol. The minimum Gasteiger partial charge on any atom is -0.395 e. The second kappa shape index (κ2) is 6.44. The summed E-state index contributed by atoms with van der Waals surface area (Å²) < 4.78 is 0. The molecule has 0 saturated heterocycles. The summed E-state index contributed by atoms with van der Waals surface area (Å²) in [5, 5.41) is 13.7. The van der Waals surface area contributed by atoms with Crippen molar-refractivity contribution in [2.45, 2.75) is 25.8 Å². The lowest BCUT2D eigenvalue weighted by atomic mass is 10.4. The van der Waals surface area contributed by atoms with Crippen LogP contribution in [0.3, 0.4) is 0 Å². The molecular formula is C10H19N3O3. The Morgan fingerprint density at radius 1 is 1.44 bits per heavy atom. The fourth-order valence-corrected chi connectivity index (χ4v) is 1.31. The third-order valence-electron chi connectivity index (χ3n) is 2.40. The van der Waals surface area contributed by atoms with E-state index in [1.165, 1.54) is 0 Å². The van der Waals surface area contributed by atoms with Crippen molar-refractivity contribution in [3.63, 3.8) is 0 Å². The highest BCUT2D eigenvalue weighted by Crippen LogP contribution is 2.18. The molecule has 1 saturated carbocycles. The van der Waals surface area contributed by atoms with Crippen LogP contribution in [0.4, 0.5) is 4.79 Å². The maximum absolute atomic E-state index is 11.4. The number of rotatable bonds is 6. The number of likely N-dealkylation sites (N-methyl/N-ethyl adjacent to an activating group) is 1. The lowest BCUT2D eigenvalue weighted by Crippen LogP contribution is -2.45. The molecule has 1 rings (SSSR count). The van der Waals surface area contributed by atoms with Crippen molar-refractivity contribution in [2.75, 3.05) is 26.2 Å². The molecule has 0 aromatic heterocycles. The Morgan fingerprint density at radius 2 is 2.12 bits per heavy atom. The largest absolute Gasteiger partial charge is 0.395 e. The SMILES string of the molecule is CCN(CCO)CC(=O)NC(=O)NC1CC1. The van der Waals surface area contributed by atoms with Gasteiger partial charge in [-0.15, -0.1) is 0 Å². The fourth-order valence-electron chi connectivity index (χ4n) is 1.31. The van der Waals surface area contributed by atoms with Gasteiger partial charge in [0.05, 0.1) is 13.2 Å². The summed E-state index contributed by atoms with van der Waals surface area (Å²) in [4.78, 5) is 24.4. The molecule has 1 fully saturated rings. The average molecular weight is 229 g/mol. The first kappa shape index (κ1) is 12.9. The van der Waals surface area contributed by atoms with Crippen LogP contribution in [0, 0.1) is 0 Å². The van der Waals surface area contributed by atoms with Gasteiger partial charge in [0.1, 0.15) is 0 Å². The van der Waals surface area contributed by atoms with E-state index in [9.17, 15) is 9.59 Å². The first-order valence-electron chi connectivity index (χ1n) is 5.59.